The average molecular weight is 293 g/mol. The second kappa shape index (κ2) is 6.10. The molecule has 1 unspecified atom stereocenters. The number of piperidine rings is 1. The molecule has 4 nitrogen and oxygen atoms in total. The van der Waals surface area contributed by atoms with Crippen LogP contribution >= 0.6 is 11.6 Å². The van der Waals surface area contributed by atoms with Crippen molar-refractivity contribution in [3.63, 3.8) is 0 Å². The average Bonchev–Trinajstić information content (AvgIpc) is 2.86. The van der Waals surface area contributed by atoms with E-state index in [9.17, 15) is 0 Å². The molecule has 2 aromatic heterocycles. The molecule has 5 heteroatoms. The summed E-state index contributed by atoms with van der Waals surface area (Å²) in [6, 6.07) is 2.55. The van der Waals surface area contributed by atoms with Crippen molar-refractivity contribution in [2.75, 3.05) is 13.1 Å². The highest BCUT2D eigenvalue weighted by Gasteiger charge is 2.19. The predicted octanol–water partition coefficient (Wildman–Crippen LogP) is 3.04. The molecule has 108 valence electrons. The van der Waals surface area contributed by atoms with Crippen LogP contribution in [0, 0.1) is 0 Å². The number of hydrogen-bond donors (Lipinski definition) is 0. The van der Waals surface area contributed by atoms with Gasteiger partial charge in [-0.15, -0.1) is 11.6 Å². The third-order valence-electron chi connectivity index (χ3n) is 4.21. The van der Waals surface area contributed by atoms with Crippen molar-refractivity contribution in [3.05, 3.63) is 24.3 Å². The van der Waals surface area contributed by atoms with Crippen LogP contribution < -0.4 is 0 Å². The molecule has 0 radical (unpaired) electrons. The molecule has 0 saturated carbocycles. The second-order valence-electron chi connectivity index (χ2n) is 5.58. The van der Waals surface area contributed by atoms with Gasteiger partial charge in [-0.2, -0.15) is 0 Å². The van der Waals surface area contributed by atoms with Gasteiger partial charge in [0.05, 0.1) is 17.6 Å². The van der Waals surface area contributed by atoms with Gasteiger partial charge in [0.15, 0.2) is 0 Å². The van der Waals surface area contributed by atoms with Crippen LogP contribution in [0.15, 0.2) is 18.5 Å². The molecule has 1 aliphatic heterocycles. The molecule has 1 aliphatic rings. The lowest BCUT2D eigenvalue weighted by Gasteiger charge is -2.32. The van der Waals surface area contributed by atoms with Gasteiger partial charge in [-0.05, 0) is 38.9 Å². The Morgan fingerprint density at radius 3 is 2.85 bits per heavy atom. The fraction of sp³-hybridized carbons (Fsp3) is 0.600. The smallest absolute Gasteiger partial charge is 0.124 e. The first-order valence-electron chi connectivity index (χ1n) is 7.38. The van der Waals surface area contributed by atoms with Gasteiger partial charge in [0, 0.05) is 18.8 Å². The highest BCUT2D eigenvalue weighted by atomic mass is 35.5. The van der Waals surface area contributed by atoms with Crippen LogP contribution in [-0.4, -0.2) is 38.6 Å². The van der Waals surface area contributed by atoms with E-state index in [1.165, 1.54) is 32.4 Å². The molecule has 0 aliphatic carbocycles. The van der Waals surface area contributed by atoms with Gasteiger partial charge in [-0.25, -0.2) is 4.98 Å². The third-order valence-corrected chi connectivity index (χ3v) is 4.45. The van der Waals surface area contributed by atoms with Gasteiger partial charge in [-0.3, -0.25) is 9.88 Å². The van der Waals surface area contributed by atoms with E-state index in [0.29, 0.717) is 11.9 Å². The van der Waals surface area contributed by atoms with E-state index >= 15 is 0 Å². The molecule has 20 heavy (non-hydrogen) atoms. The Hall–Kier alpha value is -1.13. The van der Waals surface area contributed by atoms with Crippen LogP contribution in [0.1, 0.15) is 32.0 Å². The first kappa shape index (κ1) is 13.8. The van der Waals surface area contributed by atoms with Crippen LogP contribution in [0.2, 0.25) is 0 Å². The topological polar surface area (TPSA) is 34.0 Å². The minimum atomic E-state index is 0.446. The van der Waals surface area contributed by atoms with Crippen molar-refractivity contribution in [3.8, 4) is 0 Å². The van der Waals surface area contributed by atoms with Gasteiger partial charge in [0.1, 0.15) is 11.3 Å². The van der Waals surface area contributed by atoms with Crippen LogP contribution in [0.5, 0.6) is 0 Å². The van der Waals surface area contributed by atoms with Crippen LogP contribution in [0.25, 0.3) is 11.0 Å². The summed E-state index contributed by atoms with van der Waals surface area (Å²) in [6.45, 7) is 5.68. The van der Waals surface area contributed by atoms with Gasteiger partial charge in [0.2, 0.25) is 0 Å². The zero-order chi connectivity index (χ0) is 13.9. The lowest BCUT2D eigenvalue weighted by Crippen LogP contribution is -2.40. The molecule has 3 rings (SSSR count). The monoisotopic (exact) mass is 292 g/mol. The quantitative estimate of drug-likeness (QED) is 0.812. The molecule has 0 amide bonds. The standard InChI is InChI=1S/C15H21ClN4/c1-12(19-7-3-2-4-8-19)11-20-14-5-6-17-10-13(14)18-15(20)9-16/h5-6,10,12H,2-4,7-9,11H2,1H3. The first-order valence-corrected chi connectivity index (χ1v) is 7.92. The Labute approximate surface area is 124 Å². The summed E-state index contributed by atoms with van der Waals surface area (Å²) < 4.78 is 2.25. The fourth-order valence-corrected chi connectivity index (χ4v) is 3.28. The van der Waals surface area contributed by atoms with Crippen molar-refractivity contribution in [2.24, 2.45) is 0 Å². The molecule has 1 atom stereocenters. The minimum absolute atomic E-state index is 0.446. The molecule has 2 aromatic rings. The van der Waals surface area contributed by atoms with Crippen LogP contribution in [-0.2, 0) is 12.4 Å². The van der Waals surface area contributed by atoms with Crippen molar-refractivity contribution in [1.82, 2.24) is 19.4 Å². The van der Waals surface area contributed by atoms with Gasteiger partial charge in [0.25, 0.3) is 0 Å². The van der Waals surface area contributed by atoms with E-state index < -0.39 is 0 Å². The number of alkyl halides is 1. The molecule has 0 N–H and O–H groups in total. The molecular formula is C15H21ClN4. The number of likely N-dealkylation sites (tertiary alicyclic amines) is 1. The molecule has 1 saturated heterocycles. The molecule has 0 spiro atoms. The molecular weight excluding hydrogens is 272 g/mol. The SMILES string of the molecule is CC(Cn1c(CCl)nc2cnccc21)N1CCCCC1. The Morgan fingerprint density at radius 1 is 1.30 bits per heavy atom. The van der Waals surface area contributed by atoms with Gasteiger partial charge in [-0.1, -0.05) is 6.42 Å². The Balaban J connectivity index is 1.85. The summed E-state index contributed by atoms with van der Waals surface area (Å²) >= 11 is 6.06. The van der Waals surface area contributed by atoms with E-state index in [-0.39, 0.29) is 0 Å². The molecule has 0 aromatic carbocycles. The summed E-state index contributed by atoms with van der Waals surface area (Å²) in [7, 11) is 0. The highest BCUT2D eigenvalue weighted by molar-refractivity contribution is 6.16. The number of nitrogens with zero attached hydrogens (tertiary/aromatic N) is 4. The van der Waals surface area contributed by atoms with E-state index in [0.717, 1.165) is 23.4 Å². The molecule has 0 bridgehead atoms. The Morgan fingerprint density at radius 2 is 2.10 bits per heavy atom. The maximum atomic E-state index is 6.06. The molecule has 1 fully saturated rings. The summed E-state index contributed by atoms with van der Waals surface area (Å²) in [5.74, 6) is 1.39. The second-order valence-corrected chi connectivity index (χ2v) is 5.85. The zero-order valence-corrected chi connectivity index (χ0v) is 12.7. The Kier molecular flexibility index (Phi) is 4.22. The Bertz CT molecular complexity index is 574. The maximum Gasteiger partial charge on any atom is 0.124 e. The van der Waals surface area contributed by atoms with E-state index in [4.69, 9.17) is 11.6 Å². The lowest BCUT2D eigenvalue weighted by molar-refractivity contribution is 0.160. The normalized spacial score (nSPS) is 18.5. The zero-order valence-electron chi connectivity index (χ0n) is 11.9. The van der Waals surface area contributed by atoms with Crippen LogP contribution in [0.3, 0.4) is 0 Å². The van der Waals surface area contributed by atoms with Gasteiger partial charge < -0.3 is 4.57 Å². The number of hydrogen-bond acceptors (Lipinski definition) is 3. The van der Waals surface area contributed by atoms with Crippen molar-refractivity contribution >= 4 is 22.6 Å². The maximum absolute atomic E-state index is 6.06. The fourth-order valence-electron chi connectivity index (χ4n) is 3.08. The first-order chi connectivity index (χ1) is 9.79. The summed E-state index contributed by atoms with van der Waals surface area (Å²) in [5.41, 5.74) is 2.08. The largest absolute Gasteiger partial charge is 0.325 e. The summed E-state index contributed by atoms with van der Waals surface area (Å²) in [6.07, 6.45) is 7.65. The minimum Gasteiger partial charge on any atom is -0.325 e. The summed E-state index contributed by atoms with van der Waals surface area (Å²) in [5, 5.41) is 0. The lowest BCUT2D eigenvalue weighted by atomic mass is 10.1. The van der Waals surface area contributed by atoms with E-state index in [1.807, 2.05) is 18.5 Å². The number of fused-ring (bicyclic) bond motifs is 1. The third kappa shape index (κ3) is 2.67. The van der Waals surface area contributed by atoms with Crippen molar-refractivity contribution < 1.29 is 0 Å². The van der Waals surface area contributed by atoms with E-state index in [1.54, 1.807) is 0 Å². The van der Waals surface area contributed by atoms with Crippen molar-refractivity contribution in [2.45, 2.75) is 44.7 Å². The highest BCUT2D eigenvalue weighted by Crippen LogP contribution is 2.19. The molecule has 3 heterocycles. The number of imidazole rings is 1. The summed E-state index contributed by atoms with van der Waals surface area (Å²) in [4.78, 5) is 11.3. The number of aromatic nitrogens is 3. The van der Waals surface area contributed by atoms with E-state index in [2.05, 4.69) is 26.4 Å². The van der Waals surface area contributed by atoms with Crippen LogP contribution in [0.4, 0.5) is 0 Å². The number of pyridine rings is 1. The number of halogens is 1. The van der Waals surface area contributed by atoms with Crippen molar-refractivity contribution in [1.29, 1.82) is 0 Å². The van der Waals surface area contributed by atoms with Gasteiger partial charge >= 0.3 is 0 Å². The predicted molar refractivity (Wildman–Crippen MR) is 82.0 cm³/mol. The number of rotatable bonds is 4.